The minimum absolute atomic E-state index is 0.842. The number of hydrogen-bond acceptors (Lipinski definition) is 1. The van der Waals surface area contributed by atoms with Gasteiger partial charge in [-0.15, -0.1) is 0 Å². The Bertz CT molecular complexity index is 1120. The second kappa shape index (κ2) is 7.64. The van der Waals surface area contributed by atoms with Crippen molar-refractivity contribution in [2.24, 2.45) is 0 Å². The van der Waals surface area contributed by atoms with Crippen LogP contribution in [0, 0.1) is 58.2 Å². The van der Waals surface area contributed by atoms with Crippen molar-refractivity contribution in [2.75, 3.05) is 0 Å². The van der Waals surface area contributed by atoms with E-state index >= 15 is 17.6 Å². The molecular weight excluding hydrogens is 481 g/mol. The Morgan fingerprint density at radius 3 is 1.03 bits per heavy atom. The van der Waals surface area contributed by atoms with E-state index in [9.17, 15) is 26.3 Å². The van der Waals surface area contributed by atoms with Gasteiger partial charge in [-0.2, -0.15) is 0 Å². The second-order valence-electron chi connectivity index (χ2n) is 10.0. The van der Waals surface area contributed by atoms with Crippen molar-refractivity contribution in [1.82, 2.24) is 4.81 Å². The molecule has 0 spiro atoms. The summed E-state index contributed by atoms with van der Waals surface area (Å²) in [6, 6.07) is 0. The maximum Gasteiger partial charge on any atom is 0.440 e. The molecule has 1 heterocycles. The van der Waals surface area contributed by atoms with Crippen molar-refractivity contribution in [3.05, 3.63) is 58.2 Å². The van der Waals surface area contributed by atoms with Crippen LogP contribution in [0.3, 0.4) is 0 Å². The molecule has 3 rings (SSSR count). The monoisotopic (exact) mass is 500 g/mol. The molecule has 0 saturated carbocycles. The molecule has 0 aliphatic carbocycles. The summed E-state index contributed by atoms with van der Waals surface area (Å²) in [5.41, 5.74) is -6.18. The zero-order valence-corrected chi connectivity index (χ0v) is 18.8. The molecular formula is C21H19BF10N2. The van der Waals surface area contributed by atoms with E-state index in [0.717, 1.165) is 15.6 Å². The van der Waals surface area contributed by atoms with Crippen LogP contribution in [-0.4, -0.2) is 33.1 Å². The molecule has 13 heteroatoms. The predicted molar refractivity (Wildman–Crippen MR) is 105 cm³/mol. The summed E-state index contributed by atoms with van der Waals surface area (Å²) in [6.45, 7) is 8.16. The normalized spacial score (nSPS) is 16.0. The Balaban J connectivity index is 2.73. The fourth-order valence-electron chi connectivity index (χ4n) is 4.51. The highest BCUT2D eigenvalue weighted by Crippen LogP contribution is 2.36. The lowest BCUT2D eigenvalue weighted by Crippen LogP contribution is -2.90. The van der Waals surface area contributed by atoms with Crippen LogP contribution >= 0.6 is 0 Å². The van der Waals surface area contributed by atoms with Gasteiger partial charge >= 0.3 is 6.42 Å². The molecule has 186 valence electrons. The lowest BCUT2D eigenvalue weighted by molar-refractivity contribution is -0.507. The van der Waals surface area contributed by atoms with Gasteiger partial charge in [0.1, 0.15) is 29.6 Å². The third-order valence-electron chi connectivity index (χ3n) is 5.90. The molecule has 0 unspecified atom stereocenters. The molecule has 1 aliphatic rings. The molecule has 0 atom stereocenters. The van der Waals surface area contributed by atoms with Crippen molar-refractivity contribution in [3.8, 4) is 0 Å². The van der Waals surface area contributed by atoms with Gasteiger partial charge in [0.2, 0.25) is 0 Å². The number of hydrogen-bond donors (Lipinski definition) is 0. The number of halogens is 10. The minimum Gasteiger partial charge on any atom is -0.415 e. The van der Waals surface area contributed by atoms with Crippen molar-refractivity contribution < 1.29 is 48.4 Å². The summed E-state index contributed by atoms with van der Waals surface area (Å²) in [5.74, 6) is -24.7. The molecule has 0 N–H and O–H groups in total. The van der Waals surface area contributed by atoms with E-state index < -0.39 is 86.6 Å². The summed E-state index contributed by atoms with van der Waals surface area (Å²) in [5, 5.41) is 0. The molecule has 0 aromatic heterocycles. The van der Waals surface area contributed by atoms with Crippen molar-refractivity contribution >= 4 is 23.7 Å². The second-order valence-corrected chi connectivity index (χ2v) is 10.0. The minimum atomic E-state index is -4.15. The first kappa shape index (κ1) is 25.9. The van der Waals surface area contributed by atoms with E-state index in [-0.39, 0.29) is 0 Å². The largest absolute Gasteiger partial charge is 0.440 e. The third-order valence-corrected chi connectivity index (χ3v) is 5.90. The topological polar surface area (TPSA) is 6.25 Å². The highest BCUT2D eigenvalue weighted by molar-refractivity contribution is 6.97. The van der Waals surface area contributed by atoms with Crippen LogP contribution in [0.4, 0.5) is 43.9 Å². The van der Waals surface area contributed by atoms with E-state index in [1.807, 2.05) is 0 Å². The van der Waals surface area contributed by atoms with Gasteiger partial charge in [0.25, 0.3) is 0 Å². The van der Waals surface area contributed by atoms with E-state index in [0.29, 0.717) is 0 Å². The van der Waals surface area contributed by atoms with Crippen LogP contribution in [0.2, 0.25) is 0 Å². The first-order valence-electron chi connectivity index (χ1n) is 9.95. The van der Waals surface area contributed by atoms with E-state index in [1.54, 1.807) is 0 Å². The Hall–Kier alpha value is -2.73. The van der Waals surface area contributed by atoms with Gasteiger partial charge in [-0.05, 0) is 52.5 Å². The summed E-state index contributed by atoms with van der Waals surface area (Å²) >= 11 is 0. The number of rotatable bonds is 2. The Kier molecular flexibility index (Phi) is 5.82. The van der Waals surface area contributed by atoms with Gasteiger partial charge in [0.15, 0.2) is 34.9 Å². The molecule has 2 aromatic carbocycles. The molecule has 0 fully saturated rings. The SMILES string of the molecule is CC(C)(C)N1C=[N+](C(C)(C)C)[B-]1(c1c(F)c(F)c(F)c(F)c1F)c1c(F)c(F)c(F)c(F)c1F. The van der Waals surface area contributed by atoms with E-state index in [2.05, 4.69) is 0 Å². The van der Waals surface area contributed by atoms with Crippen molar-refractivity contribution in [1.29, 1.82) is 0 Å². The van der Waals surface area contributed by atoms with Gasteiger partial charge in [0.05, 0.1) is 11.1 Å². The fraction of sp³-hybridized carbons (Fsp3) is 0.381. The van der Waals surface area contributed by atoms with Crippen molar-refractivity contribution in [2.45, 2.75) is 52.6 Å². The number of nitrogens with zero attached hydrogens (tertiary/aromatic N) is 2. The van der Waals surface area contributed by atoms with Crippen LogP contribution < -0.4 is 10.9 Å². The van der Waals surface area contributed by atoms with E-state index in [4.69, 9.17) is 0 Å². The van der Waals surface area contributed by atoms with Gasteiger partial charge in [-0.25, -0.2) is 43.9 Å². The van der Waals surface area contributed by atoms with E-state index in [1.165, 1.54) is 41.5 Å². The molecule has 2 nitrogen and oxygen atoms in total. The van der Waals surface area contributed by atoms with Gasteiger partial charge < -0.3 is 9.30 Å². The maximum absolute atomic E-state index is 15.2. The molecule has 34 heavy (non-hydrogen) atoms. The summed E-state index contributed by atoms with van der Waals surface area (Å²) in [4.78, 5) is 0.842. The molecule has 0 radical (unpaired) electrons. The zero-order valence-electron chi connectivity index (χ0n) is 18.8. The highest BCUT2D eigenvalue weighted by Gasteiger charge is 2.65. The van der Waals surface area contributed by atoms with Crippen LogP contribution in [-0.2, 0) is 0 Å². The Morgan fingerprint density at radius 1 is 0.529 bits per heavy atom. The molecule has 0 amide bonds. The zero-order chi connectivity index (χ0) is 26.3. The van der Waals surface area contributed by atoms with Crippen molar-refractivity contribution in [3.63, 3.8) is 0 Å². The molecule has 0 saturated heterocycles. The summed E-state index contributed by atoms with van der Waals surface area (Å²) in [6.07, 6.45) is -3.07. The van der Waals surface area contributed by atoms with Gasteiger partial charge in [-0.1, -0.05) is 0 Å². The summed E-state index contributed by atoms with van der Waals surface area (Å²) in [7, 11) is 0. The summed E-state index contributed by atoms with van der Waals surface area (Å²) < 4.78 is 146. The first-order chi connectivity index (χ1) is 15.3. The van der Waals surface area contributed by atoms with Crippen LogP contribution in [0.5, 0.6) is 0 Å². The number of benzene rings is 2. The average Bonchev–Trinajstić information content (AvgIpc) is 2.69. The lowest BCUT2D eigenvalue weighted by atomic mass is 9.31. The van der Waals surface area contributed by atoms with Gasteiger partial charge in [0, 0.05) is 0 Å². The molecule has 0 bridgehead atoms. The first-order valence-corrected chi connectivity index (χ1v) is 9.95. The highest BCUT2D eigenvalue weighted by atomic mass is 19.2. The quantitative estimate of drug-likeness (QED) is 0.253. The lowest BCUT2D eigenvalue weighted by Gasteiger charge is -2.61. The van der Waals surface area contributed by atoms with Crippen LogP contribution in [0.25, 0.3) is 0 Å². The Morgan fingerprint density at radius 2 is 0.794 bits per heavy atom. The maximum atomic E-state index is 15.2. The van der Waals surface area contributed by atoms with Gasteiger partial charge in [-0.3, -0.25) is 0 Å². The Labute approximate surface area is 188 Å². The smallest absolute Gasteiger partial charge is 0.415 e. The van der Waals surface area contributed by atoms with Crippen LogP contribution in [0.1, 0.15) is 41.5 Å². The molecule has 1 aliphatic heterocycles. The predicted octanol–water partition coefficient (Wildman–Crippen LogP) is 4.59. The van der Waals surface area contributed by atoms with Crippen LogP contribution in [0.15, 0.2) is 0 Å². The fourth-order valence-corrected chi connectivity index (χ4v) is 4.51. The third kappa shape index (κ3) is 3.22. The average molecular weight is 500 g/mol. The standard InChI is InChI=1S/C21H19BF10N2/c1-20(2,3)33-7-34(21(4,5)6)22(33,8-10(23)14(27)18(31)15(28)11(8)24)9-12(25)16(29)19(32)17(30)13(9)26/h7H,1-6H3. The molecule has 2 aromatic rings.